The average molecular weight is 249 g/mol. The van der Waals surface area contributed by atoms with E-state index in [1.165, 1.54) is 0 Å². The third-order valence-electron chi connectivity index (χ3n) is 1.33. The zero-order chi connectivity index (χ0) is 11.7. The number of cyclic esters (lactones) is 1. The van der Waals surface area contributed by atoms with Gasteiger partial charge in [-0.2, -0.15) is 21.6 Å². The molecule has 1 aliphatic rings. The van der Waals surface area contributed by atoms with E-state index < -0.39 is 35.1 Å². The number of nitrogens with one attached hydrogen (secondary N) is 1. The number of halogens is 3. The molecule has 1 atom stereocenters. The van der Waals surface area contributed by atoms with Crippen molar-refractivity contribution >= 4 is 16.3 Å². The fourth-order valence-corrected chi connectivity index (χ4v) is 1.71. The fraction of sp³-hybridized carbons (Fsp3) is 0.800. The van der Waals surface area contributed by atoms with Crippen molar-refractivity contribution in [1.82, 2.24) is 4.72 Å². The van der Waals surface area contributed by atoms with Crippen LogP contribution < -0.4 is 4.72 Å². The second-order valence-electron chi connectivity index (χ2n) is 2.66. The summed E-state index contributed by atoms with van der Waals surface area (Å²) in [4.78, 5) is 10.5. The number of alkyl halides is 3. The van der Waals surface area contributed by atoms with Crippen molar-refractivity contribution in [1.29, 1.82) is 0 Å². The van der Waals surface area contributed by atoms with Crippen LogP contribution >= 0.6 is 0 Å². The first-order chi connectivity index (χ1) is 6.68. The Morgan fingerprint density at radius 3 is 2.47 bits per heavy atom. The second kappa shape index (κ2) is 3.94. The summed E-state index contributed by atoms with van der Waals surface area (Å²) in [5, 5.41) is 0. The van der Waals surface area contributed by atoms with Gasteiger partial charge in [0.05, 0.1) is 6.42 Å². The fourth-order valence-electron chi connectivity index (χ4n) is 0.896. The summed E-state index contributed by atoms with van der Waals surface area (Å²) in [6.07, 6.45) is -6.71. The first kappa shape index (κ1) is 12.2. The third-order valence-corrected chi connectivity index (χ3v) is 2.34. The van der Waals surface area contributed by atoms with E-state index in [0.717, 1.165) is 0 Å². The Morgan fingerprint density at radius 1 is 1.47 bits per heavy atom. The number of carbonyl (C=O) groups is 1. The SMILES string of the molecule is O=C1CC(OS(=O)(=O)NC(F)(F)F)CO1. The lowest BCUT2D eigenvalue weighted by Gasteiger charge is -2.11. The molecule has 1 N–H and O–H groups in total. The maximum atomic E-state index is 11.6. The molecule has 88 valence electrons. The first-order valence-electron chi connectivity index (χ1n) is 3.62. The highest BCUT2D eigenvalue weighted by molar-refractivity contribution is 7.84. The first-order valence-corrected chi connectivity index (χ1v) is 5.03. The molecule has 1 saturated heterocycles. The highest BCUT2D eigenvalue weighted by Gasteiger charge is 2.37. The summed E-state index contributed by atoms with van der Waals surface area (Å²) in [6, 6.07) is 0. The molecule has 1 rings (SSSR count). The molecule has 0 aromatic heterocycles. The van der Waals surface area contributed by atoms with Gasteiger partial charge in [-0.3, -0.25) is 8.98 Å². The summed E-state index contributed by atoms with van der Waals surface area (Å²) >= 11 is 0. The molecule has 0 aliphatic carbocycles. The maximum absolute atomic E-state index is 11.6. The molecule has 1 fully saturated rings. The standard InChI is InChI=1S/C5H6F3NO5S/c6-5(7,8)9-15(11,12)14-3-1-4(10)13-2-3/h3,9H,1-2H2. The Morgan fingerprint density at radius 2 is 2.07 bits per heavy atom. The monoisotopic (exact) mass is 249 g/mol. The van der Waals surface area contributed by atoms with Crippen molar-refractivity contribution in [2.45, 2.75) is 18.8 Å². The molecule has 6 nitrogen and oxygen atoms in total. The van der Waals surface area contributed by atoms with Gasteiger partial charge in [0.25, 0.3) is 0 Å². The summed E-state index contributed by atoms with van der Waals surface area (Å²) in [6.45, 7) is -0.377. The van der Waals surface area contributed by atoms with E-state index in [-0.39, 0.29) is 6.61 Å². The highest BCUT2D eigenvalue weighted by atomic mass is 32.2. The minimum atomic E-state index is -5.11. The van der Waals surface area contributed by atoms with Gasteiger partial charge in [0.2, 0.25) is 0 Å². The van der Waals surface area contributed by atoms with Gasteiger partial charge >= 0.3 is 22.6 Å². The van der Waals surface area contributed by atoms with Gasteiger partial charge in [-0.1, -0.05) is 4.72 Å². The summed E-state index contributed by atoms with van der Waals surface area (Å²) in [5.41, 5.74) is 0. The highest BCUT2D eigenvalue weighted by Crippen LogP contribution is 2.16. The molecule has 0 spiro atoms. The van der Waals surface area contributed by atoms with Crippen molar-refractivity contribution in [3.05, 3.63) is 0 Å². The van der Waals surface area contributed by atoms with Crippen molar-refractivity contribution in [2.24, 2.45) is 0 Å². The van der Waals surface area contributed by atoms with E-state index in [1.54, 1.807) is 0 Å². The topological polar surface area (TPSA) is 81.7 Å². The van der Waals surface area contributed by atoms with Gasteiger partial charge in [0.15, 0.2) is 0 Å². The molecule has 0 bridgehead atoms. The Hall–Kier alpha value is -0.870. The summed E-state index contributed by atoms with van der Waals surface area (Å²) in [7, 11) is -4.95. The largest absolute Gasteiger partial charge is 0.472 e. The van der Waals surface area contributed by atoms with Crippen LogP contribution in [0.2, 0.25) is 0 Å². The molecule has 1 heterocycles. The van der Waals surface area contributed by atoms with Crippen LogP contribution in [0.4, 0.5) is 13.2 Å². The van der Waals surface area contributed by atoms with Crippen LogP contribution in [0.15, 0.2) is 0 Å². The number of ether oxygens (including phenoxy) is 1. The van der Waals surface area contributed by atoms with Gasteiger partial charge in [0, 0.05) is 0 Å². The van der Waals surface area contributed by atoms with Gasteiger partial charge in [-0.25, -0.2) is 0 Å². The molecule has 0 saturated carbocycles. The van der Waals surface area contributed by atoms with Crippen molar-refractivity contribution in [3.63, 3.8) is 0 Å². The van der Waals surface area contributed by atoms with Crippen LogP contribution in [-0.2, 0) is 24.0 Å². The lowest BCUT2D eigenvalue weighted by atomic mass is 10.3. The quantitative estimate of drug-likeness (QED) is 0.547. The van der Waals surface area contributed by atoms with Gasteiger partial charge in [-0.05, 0) is 0 Å². The molecule has 0 aromatic rings. The van der Waals surface area contributed by atoms with Crippen LogP contribution in [0.5, 0.6) is 0 Å². The Bertz CT molecular complexity index is 350. The molecular formula is C5H6F3NO5S. The van der Waals surface area contributed by atoms with Crippen LogP contribution in [-0.4, -0.2) is 33.4 Å². The van der Waals surface area contributed by atoms with Crippen molar-refractivity contribution in [2.75, 3.05) is 6.61 Å². The van der Waals surface area contributed by atoms with Crippen molar-refractivity contribution < 1.29 is 35.3 Å². The minimum absolute atomic E-state index is 0.320. The number of carbonyl (C=O) groups excluding carboxylic acids is 1. The predicted molar refractivity (Wildman–Crippen MR) is 38.6 cm³/mol. The van der Waals surface area contributed by atoms with Gasteiger partial charge in [0.1, 0.15) is 12.7 Å². The molecule has 0 amide bonds. The van der Waals surface area contributed by atoms with E-state index >= 15 is 0 Å². The molecule has 10 heteroatoms. The second-order valence-corrected chi connectivity index (χ2v) is 3.96. The Balaban J connectivity index is 2.54. The van der Waals surface area contributed by atoms with E-state index in [4.69, 9.17) is 0 Å². The molecule has 0 radical (unpaired) electrons. The average Bonchev–Trinajstić information content (AvgIpc) is 2.27. The number of esters is 1. The number of rotatable bonds is 3. The lowest BCUT2D eigenvalue weighted by molar-refractivity contribution is -0.140. The van der Waals surface area contributed by atoms with E-state index in [2.05, 4.69) is 8.92 Å². The van der Waals surface area contributed by atoms with Crippen LogP contribution in [0.3, 0.4) is 0 Å². The van der Waals surface area contributed by atoms with Crippen molar-refractivity contribution in [3.8, 4) is 0 Å². The smallest absolute Gasteiger partial charge is 0.463 e. The normalized spacial score (nSPS) is 22.9. The zero-order valence-electron chi connectivity index (χ0n) is 7.07. The molecule has 1 aliphatic heterocycles. The number of hydrogen-bond donors (Lipinski definition) is 1. The van der Waals surface area contributed by atoms with E-state index in [9.17, 15) is 26.4 Å². The van der Waals surface area contributed by atoms with Gasteiger partial charge < -0.3 is 4.74 Å². The van der Waals surface area contributed by atoms with Gasteiger partial charge in [-0.15, -0.1) is 0 Å². The summed E-state index contributed by atoms with van der Waals surface area (Å²) < 4.78 is 64.9. The molecule has 1 unspecified atom stereocenters. The summed E-state index contributed by atoms with van der Waals surface area (Å²) in [5.74, 6) is -0.720. The number of hydrogen-bond acceptors (Lipinski definition) is 5. The van der Waals surface area contributed by atoms with Crippen LogP contribution in [0, 0.1) is 0 Å². The van der Waals surface area contributed by atoms with E-state index in [0.29, 0.717) is 4.72 Å². The zero-order valence-corrected chi connectivity index (χ0v) is 7.89. The predicted octanol–water partition coefficient (Wildman–Crippen LogP) is -0.327. The Kier molecular flexibility index (Phi) is 3.21. The molecule has 15 heavy (non-hydrogen) atoms. The van der Waals surface area contributed by atoms with E-state index in [1.807, 2.05) is 0 Å². The molecular weight excluding hydrogens is 243 g/mol. The minimum Gasteiger partial charge on any atom is -0.463 e. The third kappa shape index (κ3) is 4.44. The van der Waals surface area contributed by atoms with Crippen LogP contribution in [0.25, 0.3) is 0 Å². The van der Waals surface area contributed by atoms with Crippen LogP contribution in [0.1, 0.15) is 6.42 Å². The molecule has 0 aromatic carbocycles. The lowest BCUT2D eigenvalue weighted by Crippen LogP contribution is -2.40. The maximum Gasteiger partial charge on any atom is 0.472 e. The Labute approximate surface area is 82.6 Å².